The molecule has 1 atom stereocenters. The Bertz CT molecular complexity index is 1320. The van der Waals surface area contributed by atoms with Crippen molar-refractivity contribution in [2.24, 2.45) is 0 Å². The molecule has 0 spiro atoms. The average Bonchev–Trinajstić information content (AvgIpc) is 3.54. The first kappa shape index (κ1) is 20.8. The third-order valence-corrected chi connectivity index (χ3v) is 5.97. The maximum Gasteiger partial charge on any atom is 0.290 e. The zero-order chi connectivity index (χ0) is 22.9. The van der Waals surface area contributed by atoms with Crippen molar-refractivity contribution >= 4 is 22.7 Å². The maximum absolute atomic E-state index is 13.5. The number of carbonyl (C=O) groups is 2. The number of benzene rings is 2. The molecule has 5 rings (SSSR count). The lowest BCUT2D eigenvalue weighted by Gasteiger charge is -2.27. The number of rotatable bonds is 7. The fourth-order valence-electron chi connectivity index (χ4n) is 4.28. The lowest BCUT2D eigenvalue weighted by Crippen LogP contribution is -2.32. The molecule has 0 saturated heterocycles. The van der Waals surface area contributed by atoms with Crippen LogP contribution < -0.4 is 0 Å². The second-order valence-electron chi connectivity index (χ2n) is 8.21. The first-order valence-corrected chi connectivity index (χ1v) is 10.8. The summed E-state index contributed by atoms with van der Waals surface area (Å²) in [6, 6.07) is 15.9. The number of fused-ring (bicyclic) bond motifs is 1. The van der Waals surface area contributed by atoms with E-state index in [1.807, 2.05) is 60.2 Å². The predicted octanol–water partition coefficient (Wildman–Crippen LogP) is 4.61. The van der Waals surface area contributed by atoms with Crippen molar-refractivity contribution in [3.05, 3.63) is 102 Å². The van der Waals surface area contributed by atoms with E-state index in [0.29, 0.717) is 25.1 Å². The van der Waals surface area contributed by atoms with Crippen molar-refractivity contribution in [2.45, 2.75) is 25.9 Å². The van der Waals surface area contributed by atoms with E-state index in [2.05, 4.69) is 4.98 Å². The quantitative estimate of drug-likeness (QED) is 0.423. The van der Waals surface area contributed by atoms with Crippen LogP contribution in [-0.2, 0) is 11.3 Å². The number of aryl methyl sites for hydroxylation is 2. The van der Waals surface area contributed by atoms with Crippen LogP contribution in [0.15, 0.2) is 89.1 Å². The number of aromatic nitrogens is 2. The van der Waals surface area contributed by atoms with Crippen LogP contribution in [0.4, 0.5) is 0 Å². The summed E-state index contributed by atoms with van der Waals surface area (Å²) in [6.45, 7) is 3.01. The number of aliphatic hydroxyl groups is 1. The monoisotopic (exact) mass is 441 g/mol. The van der Waals surface area contributed by atoms with Gasteiger partial charge >= 0.3 is 0 Å². The van der Waals surface area contributed by atoms with Crippen LogP contribution in [0.3, 0.4) is 0 Å². The van der Waals surface area contributed by atoms with E-state index in [1.54, 1.807) is 29.6 Å². The van der Waals surface area contributed by atoms with Gasteiger partial charge in [0, 0.05) is 30.9 Å². The lowest BCUT2D eigenvalue weighted by atomic mass is 9.94. The highest BCUT2D eigenvalue weighted by atomic mass is 16.3. The van der Waals surface area contributed by atoms with Crippen LogP contribution in [0.5, 0.6) is 0 Å². The molecule has 1 N–H and O–H groups in total. The van der Waals surface area contributed by atoms with Crippen molar-refractivity contribution in [1.82, 2.24) is 14.5 Å². The van der Waals surface area contributed by atoms with E-state index in [9.17, 15) is 14.7 Å². The minimum Gasteiger partial charge on any atom is -0.503 e. The first-order chi connectivity index (χ1) is 16.0. The highest BCUT2D eigenvalue weighted by Gasteiger charge is 2.44. The molecule has 1 amide bonds. The maximum atomic E-state index is 13.5. The van der Waals surface area contributed by atoms with Crippen LogP contribution in [0.2, 0.25) is 0 Å². The van der Waals surface area contributed by atoms with Gasteiger partial charge in [0.25, 0.3) is 5.91 Å². The topological polar surface area (TPSA) is 88.6 Å². The summed E-state index contributed by atoms with van der Waals surface area (Å²) in [6.07, 6.45) is 5.92. The van der Waals surface area contributed by atoms with E-state index in [4.69, 9.17) is 4.42 Å². The van der Waals surface area contributed by atoms with E-state index in [-0.39, 0.29) is 11.3 Å². The van der Waals surface area contributed by atoms with Gasteiger partial charge in [-0.2, -0.15) is 0 Å². The normalized spacial score (nSPS) is 16.2. The molecule has 1 aliphatic heterocycles. The molecule has 2 aromatic carbocycles. The lowest BCUT2D eigenvalue weighted by molar-refractivity contribution is -0.129. The Morgan fingerprint density at radius 1 is 1.12 bits per heavy atom. The Morgan fingerprint density at radius 2 is 1.91 bits per heavy atom. The summed E-state index contributed by atoms with van der Waals surface area (Å²) >= 11 is 0. The molecule has 0 fully saturated rings. The number of imidazole rings is 1. The van der Waals surface area contributed by atoms with Crippen molar-refractivity contribution in [2.75, 3.05) is 6.54 Å². The fraction of sp³-hybridized carbons (Fsp3) is 0.192. The molecule has 7 nitrogen and oxygen atoms in total. The summed E-state index contributed by atoms with van der Waals surface area (Å²) in [5, 5.41) is 11.6. The van der Waals surface area contributed by atoms with Crippen LogP contribution in [0, 0.1) is 6.92 Å². The fourth-order valence-corrected chi connectivity index (χ4v) is 4.28. The highest BCUT2D eigenvalue weighted by molar-refractivity contribution is 6.16. The van der Waals surface area contributed by atoms with E-state index in [0.717, 1.165) is 16.5 Å². The molecule has 2 aromatic heterocycles. The molecule has 3 heterocycles. The summed E-state index contributed by atoms with van der Waals surface area (Å²) in [7, 11) is 0. The largest absolute Gasteiger partial charge is 0.503 e. The Labute approximate surface area is 190 Å². The minimum absolute atomic E-state index is 0.0468. The number of amides is 1. The molecule has 0 saturated carbocycles. The highest BCUT2D eigenvalue weighted by Crippen LogP contribution is 2.39. The Hall–Kier alpha value is -4.13. The summed E-state index contributed by atoms with van der Waals surface area (Å²) in [4.78, 5) is 32.2. The first-order valence-electron chi connectivity index (χ1n) is 10.8. The Kier molecular flexibility index (Phi) is 5.30. The second-order valence-corrected chi connectivity index (χ2v) is 8.21. The Morgan fingerprint density at radius 3 is 2.64 bits per heavy atom. The molecule has 166 valence electrons. The van der Waals surface area contributed by atoms with Crippen LogP contribution in [0.25, 0.3) is 11.0 Å². The number of ketones is 1. The molecule has 0 aliphatic carbocycles. The van der Waals surface area contributed by atoms with Crippen LogP contribution >= 0.6 is 0 Å². The van der Waals surface area contributed by atoms with Crippen molar-refractivity contribution < 1.29 is 19.1 Å². The molecular formula is C26H23N3O4. The molecule has 0 radical (unpaired) electrons. The number of para-hydroxylation sites is 1. The smallest absolute Gasteiger partial charge is 0.290 e. The standard InChI is InChI=1S/C26H23N3O4/c1-17-7-9-18(10-8-17)23-22(24(30)21-15-19-5-2-3-6-20(19)33-21)25(31)26(32)29(23)13-4-12-28-14-11-27-16-28/h2-3,5-11,14-16,23,31H,4,12-13H2,1H3. The van der Waals surface area contributed by atoms with Gasteiger partial charge < -0.3 is 19.0 Å². The van der Waals surface area contributed by atoms with Crippen LogP contribution in [-0.4, -0.2) is 37.8 Å². The summed E-state index contributed by atoms with van der Waals surface area (Å²) in [5.41, 5.74) is 2.45. The third kappa shape index (κ3) is 3.82. The van der Waals surface area contributed by atoms with Crippen molar-refractivity contribution in [3.63, 3.8) is 0 Å². The zero-order valence-electron chi connectivity index (χ0n) is 18.1. The number of carbonyl (C=O) groups excluding carboxylic acids is 2. The second kappa shape index (κ2) is 8.43. The van der Waals surface area contributed by atoms with Gasteiger partial charge in [0.05, 0.1) is 17.9 Å². The van der Waals surface area contributed by atoms with Crippen molar-refractivity contribution in [1.29, 1.82) is 0 Å². The van der Waals surface area contributed by atoms with Gasteiger partial charge in [-0.15, -0.1) is 0 Å². The minimum atomic E-state index is -0.693. The molecule has 1 aliphatic rings. The third-order valence-electron chi connectivity index (χ3n) is 5.97. The number of aliphatic hydroxyl groups excluding tert-OH is 1. The van der Waals surface area contributed by atoms with E-state index >= 15 is 0 Å². The predicted molar refractivity (Wildman–Crippen MR) is 123 cm³/mol. The number of Topliss-reactive ketones (excluding diaryl/α,β-unsaturated/α-hetero) is 1. The molecule has 33 heavy (non-hydrogen) atoms. The SMILES string of the molecule is Cc1ccc(C2C(C(=O)c3cc4ccccc4o3)=C(O)C(=O)N2CCCn2ccnc2)cc1. The van der Waals surface area contributed by atoms with Gasteiger partial charge in [0.2, 0.25) is 5.78 Å². The van der Waals surface area contributed by atoms with E-state index < -0.39 is 23.5 Å². The number of furan rings is 1. The van der Waals surface area contributed by atoms with Gasteiger partial charge in [-0.25, -0.2) is 4.98 Å². The zero-order valence-corrected chi connectivity index (χ0v) is 18.1. The molecule has 1 unspecified atom stereocenters. The summed E-state index contributed by atoms with van der Waals surface area (Å²) in [5.74, 6) is -1.46. The molecule has 0 bridgehead atoms. The summed E-state index contributed by atoms with van der Waals surface area (Å²) < 4.78 is 7.69. The molecule has 7 heteroatoms. The number of hydrogen-bond acceptors (Lipinski definition) is 5. The van der Waals surface area contributed by atoms with Crippen LogP contribution in [0.1, 0.15) is 34.1 Å². The van der Waals surface area contributed by atoms with Gasteiger partial charge in [-0.1, -0.05) is 48.0 Å². The molecular weight excluding hydrogens is 418 g/mol. The average molecular weight is 441 g/mol. The number of hydrogen-bond donors (Lipinski definition) is 1. The van der Waals surface area contributed by atoms with Gasteiger partial charge in [0.1, 0.15) is 5.58 Å². The van der Waals surface area contributed by atoms with Crippen molar-refractivity contribution in [3.8, 4) is 0 Å². The van der Waals surface area contributed by atoms with Gasteiger partial charge in [0.15, 0.2) is 11.5 Å². The van der Waals surface area contributed by atoms with Gasteiger partial charge in [-0.05, 0) is 31.0 Å². The Balaban J connectivity index is 1.50. The molecule has 4 aromatic rings. The van der Waals surface area contributed by atoms with Gasteiger partial charge in [-0.3, -0.25) is 9.59 Å². The number of nitrogens with zero attached hydrogens (tertiary/aromatic N) is 3. The van der Waals surface area contributed by atoms with E-state index in [1.165, 1.54) is 0 Å².